The fourth-order valence-corrected chi connectivity index (χ4v) is 4.50. The summed E-state index contributed by atoms with van der Waals surface area (Å²) in [6, 6.07) is 35.1. The third-order valence-corrected chi connectivity index (χ3v) is 6.11. The van der Waals surface area contributed by atoms with Crippen molar-refractivity contribution in [1.82, 2.24) is 4.98 Å². The number of furan rings is 1. The monoisotopic (exact) mass is 423 g/mol. The van der Waals surface area contributed by atoms with E-state index >= 15 is 0 Å². The summed E-state index contributed by atoms with van der Waals surface area (Å²) in [6.07, 6.45) is 8.28. The highest BCUT2D eigenvalue weighted by molar-refractivity contribution is 5.86. The number of pyridine rings is 1. The number of rotatable bonds is 4. The predicted molar refractivity (Wildman–Crippen MR) is 133 cm³/mol. The lowest BCUT2D eigenvalue weighted by molar-refractivity contribution is 0.592. The maximum atomic E-state index is 6.61. The highest BCUT2D eigenvalue weighted by Gasteiger charge is 2.24. The van der Waals surface area contributed by atoms with Gasteiger partial charge in [0.25, 0.3) is 0 Å². The Morgan fingerprint density at radius 2 is 1.61 bits per heavy atom. The van der Waals surface area contributed by atoms with Crippen LogP contribution in [0.3, 0.4) is 0 Å². The fourth-order valence-electron chi connectivity index (χ4n) is 4.50. The minimum Gasteiger partial charge on any atom is -0.453 e. The molecule has 2 heterocycles. The molecular formula is C31H21NO. The smallest absolute Gasteiger partial charge is 0.160 e. The van der Waals surface area contributed by atoms with Gasteiger partial charge in [0.2, 0.25) is 0 Å². The number of allylic oxidation sites excluding steroid dienone is 1. The molecule has 2 nitrogen and oxygen atoms in total. The van der Waals surface area contributed by atoms with E-state index < -0.39 is 0 Å². The number of hydrogen-bond donors (Lipinski definition) is 0. The van der Waals surface area contributed by atoms with Gasteiger partial charge in [-0.05, 0) is 36.6 Å². The van der Waals surface area contributed by atoms with Gasteiger partial charge in [-0.2, -0.15) is 0 Å². The van der Waals surface area contributed by atoms with E-state index in [-0.39, 0.29) is 0 Å². The van der Waals surface area contributed by atoms with E-state index in [9.17, 15) is 0 Å². The first kappa shape index (κ1) is 19.3. The van der Waals surface area contributed by atoms with Crippen molar-refractivity contribution in [2.24, 2.45) is 0 Å². The van der Waals surface area contributed by atoms with Crippen LogP contribution in [0.1, 0.15) is 17.5 Å². The molecule has 0 atom stereocenters. The normalized spacial score (nSPS) is 12.2. The van der Waals surface area contributed by atoms with E-state index in [1.54, 1.807) is 0 Å². The first-order valence-corrected chi connectivity index (χ1v) is 11.2. The Balaban J connectivity index is 1.48. The summed E-state index contributed by atoms with van der Waals surface area (Å²) in [7, 11) is 0. The molecule has 0 spiro atoms. The van der Waals surface area contributed by atoms with Gasteiger partial charge in [0.15, 0.2) is 5.76 Å². The summed E-state index contributed by atoms with van der Waals surface area (Å²) >= 11 is 0. The molecule has 6 rings (SSSR count). The fraction of sp³-hybridized carbons (Fsp3) is 0.0645. The summed E-state index contributed by atoms with van der Waals surface area (Å²) < 4.78 is 6.61. The molecule has 0 unspecified atom stereocenters. The second kappa shape index (κ2) is 8.30. The summed E-state index contributed by atoms with van der Waals surface area (Å²) in [5, 5.41) is 0. The Morgan fingerprint density at radius 3 is 2.39 bits per heavy atom. The van der Waals surface area contributed by atoms with Gasteiger partial charge in [0.05, 0.1) is 0 Å². The molecule has 156 valence electrons. The molecule has 0 bridgehead atoms. The first-order valence-electron chi connectivity index (χ1n) is 11.2. The van der Waals surface area contributed by atoms with E-state index in [1.165, 1.54) is 5.56 Å². The van der Waals surface area contributed by atoms with Gasteiger partial charge in [-0.15, -0.1) is 0 Å². The molecule has 0 saturated carbocycles. The highest BCUT2D eigenvalue weighted by Crippen LogP contribution is 2.43. The average Bonchev–Trinajstić information content (AvgIpc) is 3.29. The molecule has 1 aliphatic rings. The topological polar surface area (TPSA) is 26.0 Å². The van der Waals surface area contributed by atoms with Crippen LogP contribution in [0.2, 0.25) is 0 Å². The Morgan fingerprint density at radius 1 is 0.758 bits per heavy atom. The van der Waals surface area contributed by atoms with Crippen molar-refractivity contribution in [3.8, 4) is 45.0 Å². The van der Waals surface area contributed by atoms with Crippen LogP contribution < -0.4 is 0 Å². The van der Waals surface area contributed by atoms with Crippen LogP contribution in [-0.4, -0.2) is 4.98 Å². The lowest BCUT2D eigenvalue weighted by Gasteiger charge is -2.10. The van der Waals surface area contributed by atoms with E-state index in [0.717, 1.165) is 63.4 Å². The first-order chi connectivity index (χ1) is 16.4. The van der Waals surface area contributed by atoms with Crippen molar-refractivity contribution in [1.29, 1.82) is 0 Å². The number of benzene rings is 2. The van der Waals surface area contributed by atoms with Crippen molar-refractivity contribution < 1.29 is 4.42 Å². The van der Waals surface area contributed by atoms with Crippen LogP contribution in [0.4, 0.5) is 0 Å². The molecule has 0 saturated heterocycles. The van der Waals surface area contributed by atoms with Crippen molar-refractivity contribution in [3.05, 3.63) is 120 Å². The van der Waals surface area contributed by atoms with Crippen molar-refractivity contribution in [2.75, 3.05) is 0 Å². The number of nitrogens with zero attached hydrogens (tertiary/aromatic N) is 1. The van der Waals surface area contributed by atoms with Gasteiger partial charge < -0.3 is 4.42 Å². The maximum Gasteiger partial charge on any atom is 0.160 e. The van der Waals surface area contributed by atoms with E-state index in [4.69, 9.17) is 9.40 Å². The van der Waals surface area contributed by atoms with Gasteiger partial charge in [-0.1, -0.05) is 91.0 Å². The second-order valence-electron chi connectivity index (χ2n) is 8.15. The van der Waals surface area contributed by atoms with Crippen LogP contribution in [0, 0.1) is 12.1 Å². The molecule has 0 N–H and O–H groups in total. The Hall–Kier alpha value is -4.35. The minimum absolute atomic E-state index is 0.828. The second-order valence-corrected chi connectivity index (χ2v) is 8.15. The molecule has 0 amide bonds. The van der Waals surface area contributed by atoms with E-state index in [1.807, 2.05) is 36.5 Å². The molecule has 5 aromatic rings. The van der Waals surface area contributed by atoms with Crippen LogP contribution >= 0.6 is 0 Å². The van der Waals surface area contributed by atoms with Gasteiger partial charge in [-0.3, -0.25) is 4.98 Å². The lowest BCUT2D eigenvalue weighted by Crippen LogP contribution is -1.94. The molecular weight excluding hydrogens is 402 g/mol. The Kier molecular flexibility index (Phi) is 4.86. The number of aromatic nitrogens is 1. The summed E-state index contributed by atoms with van der Waals surface area (Å²) in [5.74, 6) is 1.75. The molecule has 1 aliphatic carbocycles. The summed E-state index contributed by atoms with van der Waals surface area (Å²) in [6.45, 7) is 0. The van der Waals surface area contributed by atoms with Gasteiger partial charge in [0, 0.05) is 39.6 Å². The standard InChI is InChI=1S/C31H21NO/c1-3-11-22(12-4-1)24-19-20-29(32-21-24)31-28-18-10-9-17-27(28)30(33-31)26-16-8-7-15-25(26)23-13-5-2-6-14-23/h1-5,7-8,10-13,15-16,18-21H,9,17H2. The maximum absolute atomic E-state index is 6.61. The van der Waals surface area contributed by atoms with E-state index in [0.29, 0.717) is 0 Å². The van der Waals surface area contributed by atoms with Gasteiger partial charge in [-0.25, -0.2) is 0 Å². The zero-order chi connectivity index (χ0) is 22.0. The van der Waals surface area contributed by atoms with Gasteiger partial charge >= 0.3 is 0 Å². The summed E-state index contributed by atoms with van der Waals surface area (Å²) in [4.78, 5) is 4.78. The number of fused-ring (bicyclic) bond motifs is 1. The van der Waals surface area contributed by atoms with Crippen LogP contribution in [0.15, 0.2) is 102 Å². The predicted octanol–water partition coefficient (Wildman–Crippen LogP) is 7.90. The molecule has 3 aromatic carbocycles. The van der Waals surface area contributed by atoms with Gasteiger partial charge in [0.1, 0.15) is 11.5 Å². The third kappa shape index (κ3) is 3.54. The quantitative estimate of drug-likeness (QED) is 0.294. The molecule has 0 radical (unpaired) electrons. The molecule has 0 fully saturated rings. The minimum atomic E-state index is 0.828. The zero-order valence-electron chi connectivity index (χ0n) is 18.1. The van der Waals surface area contributed by atoms with Crippen LogP contribution in [0.25, 0.3) is 51.1 Å². The molecule has 0 aliphatic heterocycles. The van der Waals surface area contributed by atoms with Crippen LogP contribution in [0.5, 0.6) is 0 Å². The molecule has 2 heteroatoms. The molecule has 33 heavy (non-hydrogen) atoms. The van der Waals surface area contributed by atoms with Crippen molar-refractivity contribution >= 4 is 6.08 Å². The third-order valence-electron chi connectivity index (χ3n) is 6.11. The van der Waals surface area contributed by atoms with E-state index in [2.05, 4.69) is 78.9 Å². The SMILES string of the molecule is c1cccc(-c2ccccc2-c2oc(-c3ccc(-c4ccccc4)cn3)c3c2CCC=C3)c#1. The van der Waals surface area contributed by atoms with Crippen molar-refractivity contribution in [3.63, 3.8) is 0 Å². The Bertz CT molecular complexity index is 1430. The average molecular weight is 424 g/mol. The van der Waals surface area contributed by atoms with Crippen LogP contribution in [-0.2, 0) is 6.42 Å². The lowest BCUT2D eigenvalue weighted by atomic mass is 9.92. The molecule has 2 aromatic heterocycles. The zero-order valence-corrected chi connectivity index (χ0v) is 18.1. The largest absolute Gasteiger partial charge is 0.453 e. The van der Waals surface area contributed by atoms with Crippen molar-refractivity contribution in [2.45, 2.75) is 12.8 Å². The Labute approximate surface area is 193 Å². The summed E-state index contributed by atoms with van der Waals surface area (Å²) in [5.41, 5.74) is 8.66. The number of hydrogen-bond acceptors (Lipinski definition) is 2. The highest BCUT2D eigenvalue weighted by atomic mass is 16.3.